The van der Waals surface area contributed by atoms with Gasteiger partial charge in [0.05, 0.1) is 11.4 Å². The van der Waals surface area contributed by atoms with Crippen molar-refractivity contribution < 1.29 is 4.79 Å². The highest BCUT2D eigenvalue weighted by molar-refractivity contribution is 9.10. The standard InChI is InChI=1S/C10H11BrN2OS/c1-6-4-7(11)2-3-8(6)13-10(14)5-9(12)15/h2-4H,5H2,1H3,(H2,12,15)(H,13,14). The summed E-state index contributed by atoms with van der Waals surface area (Å²) in [5.41, 5.74) is 7.04. The van der Waals surface area contributed by atoms with E-state index in [-0.39, 0.29) is 17.3 Å². The summed E-state index contributed by atoms with van der Waals surface area (Å²) in [7, 11) is 0. The highest BCUT2D eigenvalue weighted by atomic mass is 79.9. The molecule has 5 heteroatoms. The normalized spacial score (nSPS) is 9.73. The Kier molecular flexibility index (Phi) is 4.23. The average Bonchev–Trinajstić information content (AvgIpc) is 2.08. The Balaban J connectivity index is 2.72. The van der Waals surface area contributed by atoms with Crippen LogP contribution in [0.2, 0.25) is 0 Å². The number of nitrogens with one attached hydrogen (secondary N) is 1. The number of carbonyl (C=O) groups is 1. The fourth-order valence-electron chi connectivity index (χ4n) is 1.12. The highest BCUT2D eigenvalue weighted by Crippen LogP contribution is 2.19. The molecule has 1 rings (SSSR count). The Labute approximate surface area is 102 Å². The van der Waals surface area contributed by atoms with Crippen LogP contribution in [0, 0.1) is 6.92 Å². The van der Waals surface area contributed by atoms with Crippen molar-refractivity contribution >= 4 is 44.7 Å². The quantitative estimate of drug-likeness (QED) is 0.839. The summed E-state index contributed by atoms with van der Waals surface area (Å²) in [4.78, 5) is 11.6. The second-order valence-corrected chi connectivity index (χ2v) is 4.59. The predicted octanol–water partition coefficient (Wildman–Crippen LogP) is 2.37. The summed E-state index contributed by atoms with van der Waals surface area (Å²) >= 11 is 8.00. The van der Waals surface area contributed by atoms with Gasteiger partial charge < -0.3 is 11.1 Å². The second-order valence-electron chi connectivity index (χ2n) is 3.15. The lowest BCUT2D eigenvalue weighted by atomic mass is 10.2. The van der Waals surface area contributed by atoms with E-state index in [4.69, 9.17) is 5.73 Å². The molecule has 0 spiro atoms. The number of benzene rings is 1. The van der Waals surface area contributed by atoms with Crippen molar-refractivity contribution in [2.75, 3.05) is 5.32 Å². The van der Waals surface area contributed by atoms with Crippen molar-refractivity contribution in [2.45, 2.75) is 13.3 Å². The molecule has 0 radical (unpaired) electrons. The van der Waals surface area contributed by atoms with E-state index in [9.17, 15) is 4.79 Å². The van der Waals surface area contributed by atoms with Gasteiger partial charge in [-0.15, -0.1) is 0 Å². The van der Waals surface area contributed by atoms with Crippen molar-refractivity contribution in [3.63, 3.8) is 0 Å². The van der Waals surface area contributed by atoms with Gasteiger partial charge in [-0.1, -0.05) is 28.1 Å². The molecule has 0 fully saturated rings. The zero-order valence-electron chi connectivity index (χ0n) is 8.21. The van der Waals surface area contributed by atoms with Gasteiger partial charge in [0.2, 0.25) is 5.91 Å². The Morgan fingerprint density at radius 1 is 1.60 bits per heavy atom. The van der Waals surface area contributed by atoms with Gasteiger partial charge in [-0.3, -0.25) is 4.79 Å². The summed E-state index contributed by atoms with van der Waals surface area (Å²) < 4.78 is 0.979. The molecule has 0 aliphatic carbocycles. The molecule has 0 aliphatic rings. The molecular formula is C10H11BrN2OS. The molecule has 1 aromatic rings. The first-order valence-electron chi connectivity index (χ1n) is 4.33. The average molecular weight is 287 g/mol. The summed E-state index contributed by atoms with van der Waals surface area (Å²) in [5.74, 6) is -0.187. The molecule has 0 unspecified atom stereocenters. The van der Waals surface area contributed by atoms with Crippen LogP contribution in [0.5, 0.6) is 0 Å². The number of carbonyl (C=O) groups excluding carboxylic acids is 1. The van der Waals surface area contributed by atoms with E-state index in [0.29, 0.717) is 0 Å². The van der Waals surface area contributed by atoms with Crippen LogP contribution >= 0.6 is 28.1 Å². The SMILES string of the molecule is Cc1cc(Br)ccc1NC(=O)CC(N)=S. The van der Waals surface area contributed by atoms with E-state index in [1.165, 1.54) is 0 Å². The number of rotatable bonds is 3. The van der Waals surface area contributed by atoms with Gasteiger partial charge in [0.25, 0.3) is 0 Å². The van der Waals surface area contributed by atoms with Crippen LogP contribution < -0.4 is 11.1 Å². The molecule has 0 aromatic heterocycles. The maximum atomic E-state index is 11.4. The van der Waals surface area contributed by atoms with E-state index in [1.807, 2.05) is 25.1 Å². The fourth-order valence-corrected chi connectivity index (χ4v) is 1.73. The van der Waals surface area contributed by atoms with Crippen LogP contribution in [0.15, 0.2) is 22.7 Å². The van der Waals surface area contributed by atoms with Gasteiger partial charge >= 0.3 is 0 Å². The summed E-state index contributed by atoms with van der Waals surface area (Å²) in [6.07, 6.45) is 0.0742. The number of amides is 1. The first kappa shape index (κ1) is 12.1. The Hall–Kier alpha value is -0.940. The Morgan fingerprint density at radius 2 is 2.27 bits per heavy atom. The predicted molar refractivity (Wildman–Crippen MR) is 68.9 cm³/mol. The molecule has 15 heavy (non-hydrogen) atoms. The fraction of sp³-hybridized carbons (Fsp3) is 0.200. The number of hydrogen-bond donors (Lipinski definition) is 2. The summed E-state index contributed by atoms with van der Waals surface area (Å²) in [5, 5.41) is 2.74. The van der Waals surface area contributed by atoms with Gasteiger partial charge in [-0.2, -0.15) is 0 Å². The molecule has 80 valence electrons. The largest absolute Gasteiger partial charge is 0.393 e. The van der Waals surface area contributed by atoms with Gasteiger partial charge in [0.15, 0.2) is 0 Å². The first-order valence-corrected chi connectivity index (χ1v) is 5.53. The number of anilines is 1. The lowest BCUT2D eigenvalue weighted by molar-refractivity contribution is -0.115. The van der Waals surface area contributed by atoms with Crippen molar-refractivity contribution in [2.24, 2.45) is 5.73 Å². The zero-order chi connectivity index (χ0) is 11.4. The molecule has 0 aliphatic heterocycles. The van der Waals surface area contributed by atoms with E-state index in [2.05, 4.69) is 33.5 Å². The second kappa shape index (κ2) is 5.23. The number of nitrogens with two attached hydrogens (primary N) is 1. The molecule has 3 N–H and O–H groups in total. The van der Waals surface area contributed by atoms with Crippen LogP contribution in [0.3, 0.4) is 0 Å². The first-order chi connectivity index (χ1) is 6.99. The number of aryl methyl sites for hydroxylation is 1. The van der Waals surface area contributed by atoms with E-state index in [1.54, 1.807) is 0 Å². The molecule has 0 heterocycles. The summed E-state index contributed by atoms with van der Waals surface area (Å²) in [6, 6.07) is 5.62. The lowest BCUT2D eigenvalue weighted by Crippen LogP contribution is -2.20. The van der Waals surface area contributed by atoms with E-state index < -0.39 is 0 Å². The van der Waals surface area contributed by atoms with Crippen LogP contribution in [-0.4, -0.2) is 10.9 Å². The molecule has 0 saturated carbocycles. The minimum absolute atomic E-state index is 0.0742. The third-order valence-corrected chi connectivity index (χ3v) is 2.43. The van der Waals surface area contributed by atoms with Crippen LogP contribution in [-0.2, 0) is 4.79 Å². The van der Waals surface area contributed by atoms with Crippen LogP contribution in [0.25, 0.3) is 0 Å². The lowest BCUT2D eigenvalue weighted by Gasteiger charge is -2.07. The summed E-state index contributed by atoms with van der Waals surface area (Å²) in [6.45, 7) is 1.92. The minimum atomic E-state index is -0.187. The highest BCUT2D eigenvalue weighted by Gasteiger charge is 2.05. The van der Waals surface area contributed by atoms with Gasteiger partial charge in [-0.25, -0.2) is 0 Å². The zero-order valence-corrected chi connectivity index (χ0v) is 10.6. The van der Waals surface area contributed by atoms with Gasteiger partial charge in [0, 0.05) is 10.2 Å². The van der Waals surface area contributed by atoms with E-state index in [0.717, 1.165) is 15.7 Å². The third kappa shape index (κ3) is 3.97. The van der Waals surface area contributed by atoms with E-state index >= 15 is 0 Å². The van der Waals surface area contributed by atoms with Crippen molar-refractivity contribution in [1.82, 2.24) is 0 Å². The van der Waals surface area contributed by atoms with Gasteiger partial charge in [-0.05, 0) is 30.7 Å². The van der Waals surface area contributed by atoms with Crippen molar-refractivity contribution in [1.29, 1.82) is 0 Å². The third-order valence-electron chi connectivity index (χ3n) is 1.80. The molecule has 0 atom stereocenters. The van der Waals surface area contributed by atoms with Crippen molar-refractivity contribution in [3.8, 4) is 0 Å². The minimum Gasteiger partial charge on any atom is -0.393 e. The maximum absolute atomic E-state index is 11.4. The smallest absolute Gasteiger partial charge is 0.231 e. The maximum Gasteiger partial charge on any atom is 0.231 e. The number of thiocarbonyl (C=S) groups is 1. The molecule has 0 saturated heterocycles. The molecule has 0 bridgehead atoms. The molecule has 1 amide bonds. The Morgan fingerprint density at radius 3 is 2.80 bits per heavy atom. The van der Waals surface area contributed by atoms with Crippen LogP contribution in [0.4, 0.5) is 5.69 Å². The molecular weight excluding hydrogens is 276 g/mol. The van der Waals surface area contributed by atoms with Crippen LogP contribution in [0.1, 0.15) is 12.0 Å². The number of halogens is 1. The monoisotopic (exact) mass is 286 g/mol. The topological polar surface area (TPSA) is 55.1 Å². The van der Waals surface area contributed by atoms with Crippen molar-refractivity contribution in [3.05, 3.63) is 28.2 Å². The molecule has 1 aromatic carbocycles. The Bertz CT molecular complexity index is 406. The number of hydrogen-bond acceptors (Lipinski definition) is 2. The van der Waals surface area contributed by atoms with Gasteiger partial charge in [0.1, 0.15) is 0 Å². The molecule has 3 nitrogen and oxygen atoms in total.